The molecule has 0 saturated heterocycles. The SMILES string of the molecule is CC=NC(C)C/C=C/C(O)c1cnnn1C. The number of nitrogens with zero attached hydrogens (tertiary/aromatic N) is 4. The van der Waals surface area contributed by atoms with E-state index in [0.717, 1.165) is 6.42 Å². The molecule has 2 unspecified atom stereocenters. The molecule has 5 nitrogen and oxygen atoms in total. The van der Waals surface area contributed by atoms with Crippen LogP contribution in [-0.2, 0) is 7.05 Å². The molecule has 0 aliphatic heterocycles. The molecule has 0 bridgehead atoms. The molecule has 0 amide bonds. The lowest BCUT2D eigenvalue weighted by molar-refractivity contribution is 0.217. The topological polar surface area (TPSA) is 63.3 Å². The van der Waals surface area contributed by atoms with Crippen molar-refractivity contribution in [3.63, 3.8) is 0 Å². The highest BCUT2D eigenvalue weighted by molar-refractivity contribution is 5.53. The quantitative estimate of drug-likeness (QED) is 0.603. The maximum atomic E-state index is 9.81. The molecular formula is C11H18N4O. The van der Waals surface area contributed by atoms with E-state index in [4.69, 9.17) is 0 Å². The van der Waals surface area contributed by atoms with Crippen LogP contribution < -0.4 is 0 Å². The number of aliphatic hydroxyl groups is 1. The molecular weight excluding hydrogens is 204 g/mol. The van der Waals surface area contributed by atoms with Gasteiger partial charge in [0.25, 0.3) is 0 Å². The zero-order chi connectivity index (χ0) is 12.0. The van der Waals surface area contributed by atoms with Crippen LogP contribution >= 0.6 is 0 Å². The predicted molar refractivity (Wildman–Crippen MR) is 63.3 cm³/mol. The first kappa shape index (κ1) is 12.6. The molecule has 1 N–H and O–H groups in total. The second kappa shape index (κ2) is 6.17. The summed E-state index contributed by atoms with van der Waals surface area (Å²) in [5.41, 5.74) is 0.683. The Labute approximate surface area is 95.5 Å². The van der Waals surface area contributed by atoms with Gasteiger partial charge in [0.1, 0.15) is 6.10 Å². The van der Waals surface area contributed by atoms with Gasteiger partial charge in [-0.1, -0.05) is 17.4 Å². The lowest BCUT2D eigenvalue weighted by atomic mass is 10.2. The summed E-state index contributed by atoms with van der Waals surface area (Å²) in [5.74, 6) is 0. The predicted octanol–water partition coefficient (Wildman–Crippen LogP) is 1.27. The van der Waals surface area contributed by atoms with Gasteiger partial charge < -0.3 is 5.11 Å². The normalized spacial score (nSPS) is 16.0. The highest BCUT2D eigenvalue weighted by atomic mass is 16.3. The van der Waals surface area contributed by atoms with Crippen molar-refractivity contribution >= 4 is 6.21 Å². The van der Waals surface area contributed by atoms with Gasteiger partial charge in [-0.3, -0.25) is 4.99 Å². The molecule has 2 atom stereocenters. The average molecular weight is 222 g/mol. The summed E-state index contributed by atoms with van der Waals surface area (Å²) in [6.45, 7) is 3.93. The number of aromatic nitrogens is 3. The van der Waals surface area contributed by atoms with Crippen molar-refractivity contribution in [1.29, 1.82) is 0 Å². The van der Waals surface area contributed by atoms with Crippen LogP contribution in [0.25, 0.3) is 0 Å². The van der Waals surface area contributed by atoms with Gasteiger partial charge in [-0.2, -0.15) is 0 Å². The first-order valence-electron chi connectivity index (χ1n) is 5.32. The Bertz CT molecular complexity index is 370. The highest BCUT2D eigenvalue weighted by Gasteiger charge is 2.08. The van der Waals surface area contributed by atoms with Crippen molar-refractivity contribution in [3.8, 4) is 0 Å². The largest absolute Gasteiger partial charge is 0.383 e. The molecule has 0 fully saturated rings. The molecule has 16 heavy (non-hydrogen) atoms. The van der Waals surface area contributed by atoms with E-state index in [-0.39, 0.29) is 6.04 Å². The fourth-order valence-electron chi connectivity index (χ4n) is 1.38. The first-order chi connectivity index (χ1) is 7.65. The molecule has 0 spiro atoms. The van der Waals surface area contributed by atoms with E-state index >= 15 is 0 Å². The van der Waals surface area contributed by atoms with E-state index in [1.165, 1.54) is 0 Å². The van der Waals surface area contributed by atoms with E-state index in [1.54, 1.807) is 30.2 Å². The van der Waals surface area contributed by atoms with E-state index in [2.05, 4.69) is 15.3 Å². The number of aryl methyl sites for hydroxylation is 1. The Balaban J connectivity index is 2.49. The standard InChI is InChI=1S/C11H18N4O/c1-4-12-9(2)6-5-7-11(16)10-8-13-14-15(10)3/h4-5,7-9,11,16H,6H2,1-3H3/b7-5+,12-4?. The summed E-state index contributed by atoms with van der Waals surface area (Å²) in [5, 5.41) is 17.3. The fourth-order valence-corrected chi connectivity index (χ4v) is 1.38. The third kappa shape index (κ3) is 3.58. The number of hydrogen-bond acceptors (Lipinski definition) is 4. The monoisotopic (exact) mass is 222 g/mol. The van der Waals surface area contributed by atoms with Crippen LogP contribution in [0.1, 0.15) is 32.1 Å². The molecule has 1 aromatic heterocycles. The van der Waals surface area contributed by atoms with E-state index in [1.807, 2.05) is 19.9 Å². The van der Waals surface area contributed by atoms with Crippen molar-refractivity contribution < 1.29 is 5.11 Å². The summed E-state index contributed by atoms with van der Waals surface area (Å²) < 4.78 is 1.56. The second-order valence-electron chi connectivity index (χ2n) is 3.65. The van der Waals surface area contributed by atoms with E-state index in [9.17, 15) is 5.11 Å². The van der Waals surface area contributed by atoms with Crippen LogP contribution in [0.3, 0.4) is 0 Å². The van der Waals surface area contributed by atoms with Crippen LogP contribution in [0.4, 0.5) is 0 Å². The molecule has 1 heterocycles. The molecule has 88 valence electrons. The third-order valence-electron chi connectivity index (χ3n) is 2.25. The Kier molecular flexibility index (Phi) is 4.85. The number of aliphatic hydroxyl groups excluding tert-OH is 1. The van der Waals surface area contributed by atoms with Crippen LogP contribution in [-0.4, -0.2) is 32.4 Å². The Morgan fingerprint density at radius 1 is 1.62 bits per heavy atom. The van der Waals surface area contributed by atoms with Crippen LogP contribution in [0.2, 0.25) is 0 Å². The smallest absolute Gasteiger partial charge is 0.115 e. The van der Waals surface area contributed by atoms with E-state index < -0.39 is 6.10 Å². The van der Waals surface area contributed by atoms with Crippen LogP contribution in [0.15, 0.2) is 23.3 Å². The van der Waals surface area contributed by atoms with Crippen molar-refractivity contribution in [2.75, 3.05) is 0 Å². The molecule has 1 rings (SSSR count). The minimum atomic E-state index is -0.655. The Morgan fingerprint density at radius 3 is 2.94 bits per heavy atom. The minimum absolute atomic E-state index is 0.248. The zero-order valence-corrected chi connectivity index (χ0v) is 9.91. The maximum absolute atomic E-state index is 9.81. The van der Waals surface area contributed by atoms with Gasteiger partial charge in [0, 0.05) is 7.05 Å². The summed E-state index contributed by atoms with van der Waals surface area (Å²) >= 11 is 0. The second-order valence-corrected chi connectivity index (χ2v) is 3.65. The average Bonchev–Trinajstić information content (AvgIpc) is 2.64. The third-order valence-corrected chi connectivity index (χ3v) is 2.25. The molecule has 0 saturated carbocycles. The molecule has 0 aliphatic rings. The van der Waals surface area contributed by atoms with Gasteiger partial charge in [-0.25, -0.2) is 4.68 Å². The summed E-state index contributed by atoms with van der Waals surface area (Å²) in [6.07, 6.45) is 7.17. The van der Waals surface area contributed by atoms with Gasteiger partial charge in [0.2, 0.25) is 0 Å². The van der Waals surface area contributed by atoms with Gasteiger partial charge >= 0.3 is 0 Å². The Hall–Kier alpha value is -1.49. The van der Waals surface area contributed by atoms with Crippen LogP contribution in [0.5, 0.6) is 0 Å². The van der Waals surface area contributed by atoms with Gasteiger partial charge in [0.05, 0.1) is 17.9 Å². The lowest BCUT2D eigenvalue weighted by Gasteiger charge is -2.05. The van der Waals surface area contributed by atoms with Crippen molar-refractivity contribution in [2.24, 2.45) is 12.0 Å². The highest BCUT2D eigenvalue weighted by Crippen LogP contribution is 2.12. The molecule has 0 aromatic carbocycles. The van der Waals surface area contributed by atoms with Gasteiger partial charge in [-0.15, -0.1) is 5.10 Å². The number of hydrogen-bond donors (Lipinski definition) is 1. The van der Waals surface area contributed by atoms with Crippen LogP contribution in [0, 0.1) is 0 Å². The zero-order valence-electron chi connectivity index (χ0n) is 9.91. The fraction of sp³-hybridized carbons (Fsp3) is 0.545. The van der Waals surface area contributed by atoms with Gasteiger partial charge in [0.15, 0.2) is 0 Å². The Morgan fingerprint density at radius 2 is 2.38 bits per heavy atom. The van der Waals surface area contributed by atoms with Crippen molar-refractivity contribution in [1.82, 2.24) is 15.0 Å². The molecule has 5 heteroatoms. The summed E-state index contributed by atoms with van der Waals surface area (Å²) in [7, 11) is 1.75. The minimum Gasteiger partial charge on any atom is -0.383 e. The van der Waals surface area contributed by atoms with E-state index in [0.29, 0.717) is 5.69 Å². The molecule has 0 aliphatic carbocycles. The van der Waals surface area contributed by atoms with Crippen molar-refractivity contribution in [3.05, 3.63) is 24.0 Å². The van der Waals surface area contributed by atoms with Crippen molar-refractivity contribution in [2.45, 2.75) is 32.4 Å². The lowest BCUT2D eigenvalue weighted by Crippen LogP contribution is -2.03. The summed E-state index contributed by atoms with van der Waals surface area (Å²) in [4.78, 5) is 4.21. The summed E-state index contributed by atoms with van der Waals surface area (Å²) in [6, 6.07) is 0.248. The molecule has 1 aromatic rings. The first-order valence-corrected chi connectivity index (χ1v) is 5.32. The van der Waals surface area contributed by atoms with Gasteiger partial charge in [-0.05, 0) is 26.5 Å². The maximum Gasteiger partial charge on any atom is 0.115 e. The number of rotatable bonds is 5. The molecule has 0 radical (unpaired) electrons. The number of aliphatic imine (C=N–C) groups is 1.